The number of hydrogen-bond acceptors (Lipinski definition) is 4. The van der Waals surface area contributed by atoms with Gasteiger partial charge in [-0.1, -0.05) is 12.1 Å². The molecule has 25 heavy (non-hydrogen) atoms. The van der Waals surface area contributed by atoms with Crippen molar-refractivity contribution in [2.75, 3.05) is 31.2 Å². The van der Waals surface area contributed by atoms with Crippen molar-refractivity contribution in [3.63, 3.8) is 0 Å². The lowest BCUT2D eigenvalue weighted by Gasteiger charge is -2.28. The van der Waals surface area contributed by atoms with Gasteiger partial charge in [0.05, 0.1) is 25.0 Å². The Balaban J connectivity index is 1.56. The van der Waals surface area contributed by atoms with E-state index in [0.29, 0.717) is 30.3 Å². The molecule has 0 bridgehead atoms. The van der Waals surface area contributed by atoms with E-state index in [9.17, 15) is 18.0 Å². The Kier molecular flexibility index (Phi) is 4.93. The number of amides is 1. The van der Waals surface area contributed by atoms with E-state index >= 15 is 0 Å². The van der Waals surface area contributed by atoms with Crippen molar-refractivity contribution in [2.24, 2.45) is 0 Å². The van der Waals surface area contributed by atoms with Gasteiger partial charge in [-0.05, 0) is 17.7 Å². The van der Waals surface area contributed by atoms with Gasteiger partial charge >= 0.3 is 12.2 Å². The molecule has 134 valence electrons. The Labute approximate surface area is 142 Å². The van der Waals surface area contributed by atoms with Crippen LogP contribution in [0.15, 0.2) is 36.7 Å². The average molecular weight is 354 g/mol. The fraction of sp³-hybridized carbons (Fsp3) is 0.375. The van der Waals surface area contributed by atoms with Gasteiger partial charge in [-0.25, -0.2) is 4.79 Å². The second-order valence-corrected chi connectivity index (χ2v) is 5.60. The topological polar surface area (TPSA) is 59.4 Å². The van der Waals surface area contributed by atoms with E-state index in [1.165, 1.54) is 0 Å². The summed E-state index contributed by atoms with van der Waals surface area (Å²) in [6, 6.07) is 6.92. The van der Waals surface area contributed by atoms with Gasteiger partial charge in [0.1, 0.15) is 0 Å². The number of anilines is 1. The predicted octanol–water partition coefficient (Wildman–Crippen LogP) is 2.50. The van der Waals surface area contributed by atoms with Gasteiger partial charge in [0.2, 0.25) is 0 Å². The summed E-state index contributed by atoms with van der Waals surface area (Å²) in [6.07, 6.45) is -3.23. The third kappa shape index (κ3) is 4.30. The maximum atomic E-state index is 12.5. The summed E-state index contributed by atoms with van der Waals surface area (Å²) >= 11 is 0. The van der Waals surface area contributed by atoms with E-state index < -0.39 is 17.8 Å². The molecule has 0 aliphatic carbocycles. The highest BCUT2D eigenvalue weighted by Crippen LogP contribution is 2.28. The van der Waals surface area contributed by atoms with Crippen molar-refractivity contribution in [3.8, 4) is 0 Å². The number of morpholine rings is 1. The first kappa shape index (κ1) is 17.3. The Morgan fingerprint density at radius 2 is 1.88 bits per heavy atom. The minimum Gasteiger partial charge on any atom is -0.378 e. The SMILES string of the molecule is O=C(NCc1ccc(N2CCOCC2)cc1)n1cc(C(F)(F)F)cn1. The molecule has 1 aromatic carbocycles. The zero-order valence-electron chi connectivity index (χ0n) is 13.3. The van der Waals surface area contributed by atoms with E-state index in [0.717, 1.165) is 24.3 Å². The second-order valence-electron chi connectivity index (χ2n) is 5.60. The molecule has 1 aliphatic rings. The van der Waals surface area contributed by atoms with Crippen molar-refractivity contribution >= 4 is 11.7 Å². The van der Waals surface area contributed by atoms with Crippen LogP contribution in [-0.4, -0.2) is 42.1 Å². The number of carbonyl (C=O) groups is 1. The van der Waals surface area contributed by atoms with Crippen LogP contribution in [-0.2, 0) is 17.5 Å². The molecule has 0 spiro atoms. The Morgan fingerprint density at radius 1 is 1.20 bits per heavy atom. The minimum atomic E-state index is -4.52. The van der Waals surface area contributed by atoms with Gasteiger partial charge in [-0.3, -0.25) is 0 Å². The standard InChI is InChI=1S/C16H17F3N4O2/c17-16(18,19)13-10-21-23(11-13)15(24)20-9-12-1-3-14(4-2-12)22-5-7-25-8-6-22/h1-4,10-11H,5-9H2,(H,20,24). The summed E-state index contributed by atoms with van der Waals surface area (Å²) in [5.74, 6) is 0. The van der Waals surface area contributed by atoms with Crippen LogP contribution >= 0.6 is 0 Å². The molecular formula is C16H17F3N4O2. The van der Waals surface area contributed by atoms with Crippen LogP contribution < -0.4 is 10.2 Å². The van der Waals surface area contributed by atoms with Gasteiger partial charge in [-0.15, -0.1) is 0 Å². The van der Waals surface area contributed by atoms with Crippen LogP contribution in [0.3, 0.4) is 0 Å². The molecule has 0 unspecified atom stereocenters. The maximum Gasteiger partial charge on any atom is 0.419 e. The van der Waals surface area contributed by atoms with Gasteiger partial charge in [-0.2, -0.15) is 23.0 Å². The van der Waals surface area contributed by atoms with Gasteiger partial charge in [0.15, 0.2) is 0 Å². The van der Waals surface area contributed by atoms with E-state index in [2.05, 4.69) is 15.3 Å². The van der Waals surface area contributed by atoms with Gasteiger partial charge < -0.3 is 15.0 Å². The molecule has 2 aromatic rings. The van der Waals surface area contributed by atoms with E-state index in [1.54, 1.807) is 0 Å². The molecule has 1 aliphatic heterocycles. The zero-order chi connectivity index (χ0) is 17.9. The zero-order valence-corrected chi connectivity index (χ0v) is 13.3. The number of aromatic nitrogens is 2. The number of alkyl halides is 3. The quantitative estimate of drug-likeness (QED) is 0.920. The lowest BCUT2D eigenvalue weighted by molar-refractivity contribution is -0.137. The molecule has 3 rings (SSSR count). The number of nitrogens with one attached hydrogen (secondary N) is 1. The number of ether oxygens (including phenoxy) is 1. The Hall–Kier alpha value is -2.55. The molecule has 1 aromatic heterocycles. The molecule has 2 heterocycles. The van der Waals surface area contributed by atoms with Crippen molar-refractivity contribution in [3.05, 3.63) is 47.8 Å². The third-order valence-electron chi connectivity index (χ3n) is 3.87. The molecule has 1 amide bonds. The minimum absolute atomic E-state index is 0.198. The van der Waals surface area contributed by atoms with Crippen LogP contribution in [0.2, 0.25) is 0 Å². The van der Waals surface area contributed by atoms with Crippen LogP contribution in [0.5, 0.6) is 0 Å². The maximum absolute atomic E-state index is 12.5. The van der Waals surface area contributed by atoms with Gasteiger partial charge in [0.25, 0.3) is 0 Å². The number of nitrogens with zero attached hydrogens (tertiary/aromatic N) is 3. The number of rotatable bonds is 3. The van der Waals surface area contributed by atoms with Crippen LogP contribution in [0.1, 0.15) is 11.1 Å². The fourth-order valence-corrected chi connectivity index (χ4v) is 2.49. The second kappa shape index (κ2) is 7.14. The first-order chi connectivity index (χ1) is 11.9. The van der Waals surface area contributed by atoms with E-state index in [-0.39, 0.29) is 6.54 Å². The normalized spacial score (nSPS) is 15.2. The van der Waals surface area contributed by atoms with Crippen LogP contribution in [0.4, 0.5) is 23.7 Å². The highest BCUT2D eigenvalue weighted by molar-refractivity contribution is 5.75. The molecular weight excluding hydrogens is 337 g/mol. The lowest BCUT2D eigenvalue weighted by Crippen LogP contribution is -2.36. The van der Waals surface area contributed by atoms with E-state index in [1.807, 2.05) is 24.3 Å². The Bertz CT molecular complexity index is 722. The highest BCUT2D eigenvalue weighted by Gasteiger charge is 2.32. The molecule has 1 N–H and O–H groups in total. The highest BCUT2D eigenvalue weighted by atomic mass is 19.4. The first-order valence-electron chi connectivity index (χ1n) is 7.75. The van der Waals surface area contributed by atoms with Crippen molar-refractivity contribution in [1.82, 2.24) is 15.1 Å². The Morgan fingerprint density at radius 3 is 2.48 bits per heavy atom. The average Bonchev–Trinajstić information content (AvgIpc) is 3.11. The summed E-state index contributed by atoms with van der Waals surface area (Å²) in [5, 5.41) is 5.98. The smallest absolute Gasteiger partial charge is 0.378 e. The molecule has 6 nitrogen and oxygen atoms in total. The summed E-state index contributed by atoms with van der Waals surface area (Å²) in [6.45, 7) is 3.25. The number of hydrogen-bond donors (Lipinski definition) is 1. The molecule has 0 saturated carbocycles. The fourth-order valence-electron chi connectivity index (χ4n) is 2.49. The predicted molar refractivity (Wildman–Crippen MR) is 84.3 cm³/mol. The van der Waals surface area contributed by atoms with Gasteiger partial charge in [0, 0.05) is 31.5 Å². The third-order valence-corrected chi connectivity index (χ3v) is 3.87. The number of benzene rings is 1. The monoisotopic (exact) mass is 354 g/mol. The summed E-state index contributed by atoms with van der Waals surface area (Å²) in [5.41, 5.74) is 0.950. The molecule has 9 heteroatoms. The molecule has 1 saturated heterocycles. The number of carbonyl (C=O) groups excluding carboxylic acids is 1. The summed E-state index contributed by atoms with van der Waals surface area (Å²) in [4.78, 5) is 14.1. The summed E-state index contributed by atoms with van der Waals surface area (Å²) in [7, 11) is 0. The largest absolute Gasteiger partial charge is 0.419 e. The molecule has 0 atom stereocenters. The van der Waals surface area contributed by atoms with Crippen molar-refractivity contribution < 1.29 is 22.7 Å². The van der Waals surface area contributed by atoms with Crippen molar-refractivity contribution in [2.45, 2.75) is 12.7 Å². The molecule has 0 radical (unpaired) electrons. The van der Waals surface area contributed by atoms with Crippen molar-refractivity contribution in [1.29, 1.82) is 0 Å². The lowest BCUT2D eigenvalue weighted by atomic mass is 10.2. The van der Waals surface area contributed by atoms with Crippen LogP contribution in [0, 0.1) is 0 Å². The van der Waals surface area contributed by atoms with Crippen LogP contribution in [0.25, 0.3) is 0 Å². The number of halogens is 3. The summed E-state index contributed by atoms with van der Waals surface area (Å²) < 4.78 is 43.5. The van der Waals surface area contributed by atoms with E-state index in [4.69, 9.17) is 4.74 Å². The first-order valence-corrected chi connectivity index (χ1v) is 7.75. The molecule has 1 fully saturated rings.